The van der Waals surface area contributed by atoms with E-state index in [0.717, 1.165) is 62.1 Å². The molecule has 5 heteroatoms. The van der Waals surface area contributed by atoms with Gasteiger partial charge in [0.2, 0.25) is 5.91 Å². The number of fused-ring (bicyclic) bond motifs is 3. The van der Waals surface area contributed by atoms with E-state index >= 15 is 0 Å². The van der Waals surface area contributed by atoms with Crippen molar-refractivity contribution in [1.29, 1.82) is 0 Å². The van der Waals surface area contributed by atoms with E-state index in [4.69, 9.17) is 4.74 Å². The SMILES string of the molecule is CC(=O)NCCCC1CC2CCCCN2c2cc(OC(C)CCCc3ccccc3)cc(O)c21. The minimum Gasteiger partial charge on any atom is -0.507 e. The number of aryl methyl sites for hydroxylation is 1. The van der Waals surface area contributed by atoms with E-state index in [2.05, 4.69) is 53.5 Å². The Morgan fingerprint density at radius 3 is 2.82 bits per heavy atom. The number of piperidine rings is 1. The molecule has 0 saturated carbocycles. The quantitative estimate of drug-likeness (QED) is 0.427. The van der Waals surface area contributed by atoms with Crippen molar-refractivity contribution in [3.05, 3.63) is 53.6 Å². The molecule has 2 N–H and O–H groups in total. The van der Waals surface area contributed by atoms with Gasteiger partial charge in [-0.25, -0.2) is 0 Å². The number of phenols is 1. The number of anilines is 1. The Kier molecular flexibility index (Phi) is 8.36. The molecule has 5 nitrogen and oxygen atoms in total. The molecule has 4 rings (SSSR count). The summed E-state index contributed by atoms with van der Waals surface area (Å²) in [6.45, 7) is 5.42. The van der Waals surface area contributed by atoms with Gasteiger partial charge in [0, 0.05) is 49.4 Å². The van der Waals surface area contributed by atoms with Crippen molar-refractivity contribution >= 4 is 11.6 Å². The van der Waals surface area contributed by atoms with Crippen molar-refractivity contribution in [3.63, 3.8) is 0 Å². The zero-order valence-corrected chi connectivity index (χ0v) is 20.8. The van der Waals surface area contributed by atoms with Gasteiger partial charge in [-0.05, 0) is 76.2 Å². The Morgan fingerprint density at radius 1 is 1.21 bits per heavy atom. The molecule has 0 bridgehead atoms. The van der Waals surface area contributed by atoms with Crippen LogP contribution in [0.15, 0.2) is 42.5 Å². The third-order valence-electron chi connectivity index (χ3n) is 7.37. The second-order valence-electron chi connectivity index (χ2n) is 10.1. The number of nitrogens with zero attached hydrogens (tertiary/aromatic N) is 1. The van der Waals surface area contributed by atoms with Gasteiger partial charge in [-0.3, -0.25) is 4.79 Å². The normalized spacial score (nSPS) is 20.2. The first-order valence-electron chi connectivity index (χ1n) is 13.1. The highest BCUT2D eigenvalue weighted by Crippen LogP contribution is 2.49. The van der Waals surface area contributed by atoms with E-state index in [1.807, 2.05) is 6.07 Å². The van der Waals surface area contributed by atoms with Crippen molar-refractivity contribution in [3.8, 4) is 11.5 Å². The Labute approximate surface area is 204 Å². The second kappa shape index (κ2) is 11.6. The summed E-state index contributed by atoms with van der Waals surface area (Å²) in [7, 11) is 0. The van der Waals surface area contributed by atoms with Crippen LogP contribution in [0.25, 0.3) is 0 Å². The third kappa shape index (κ3) is 6.25. The molecule has 34 heavy (non-hydrogen) atoms. The van der Waals surface area contributed by atoms with Gasteiger partial charge in [0.25, 0.3) is 0 Å². The highest BCUT2D eigenvalue weighted by atomic mass is 16.5. The first-order chi connectivity index (χ1) is 16.5. The lowest BCUT2D eigenvalue weighted by Gasteiger charge is -2.45. The van der Waals surface area contributed by atoms with Crippen LogP contribution in [0.4, 0.5) is 5.69 Å². The number of aromatic hydroxyl groups is 1. The molecule has 3 atom stereocenters. The molecule has 2 aliphatic heterocycles. The zero-order chi connectivity index (χ0) is 23.9. The molecule has 2 aromatic carbocycles. The summed E-state index contributed by atoms with van der Waals surface area (Å²) in [4.78, 5) is 13.7. The fourth-order valence-electron chi connectivity index (χ4n) is 5.74. The number of ether oxygens (including phenoxy) is 1. The average molecular weight is 465 g/mol. The summed E-state index contributed by atoms with van der Waals surface area (Å²) in [6, 6.07) is 15.1. The number of amides is 1. The maximum Gasteiger partial charge on any atom is 0.216 e. The lowest BCUT2D eigenvalue weighted by Crippen LogP contribution is -2.44. The Morgan fingerprint density at radius 2 is 2.03 bits per heavy atom. The van der Waals surface area contributed by atoms with Gasteiger partial charge < -0.3 is 20.1 Å². The Bertz CT molecular complexity index is 946. The fraction of sp³-hybridized carbons (Fsp3) is 0.552. The second-order valence-corrected chi connectivity index (χ2v) is 10.1. The predicted octanol–water partition coefficient (Wildman–Crippen LogP) is 5.94. The van der Waals surface area contributed by atoms with Gasteiger partial charge >= 0.3 is 0 Å². The summed E-state index contributed by atoms with van der Waals surface area (Å²) in [5.74, 6) is 1.47. The minimum absolute atomic E-state index is 0.0185. The maximum atomic E-state index is 11.2. The zero-order valence-electron chi connectivity index (χ0n) is 20.8. The predicted molar refractivity (Wildman–Crippen MR) is 138 cm³/mol. The van der Waals surface area contributed by atoms with E-state index in [9.17, 15) is 9.90 Å². The van der Waals surface area contributed by atoms with Gasteiger partial charge in [0.15, 0.2) is 0 Å². The number of hydrogen-bond donors (Lipinski definition) is 2. The molecule has 0 aliphatic carbocycles. The average Bonchev–Trinajstić information content (AvgIpc) is 2.82. The summed E-state index contributed by atoms with van der Waals surface area (Å²) in [6.07, 6.45) is 9.86. The molecule has 1 saturated heterocycles. The third-order valence-corrected chi connectivity index (χ3v) is 7.37. The molecular formula is C29H40N2O3. The molecule has 0 radical (unpaired) electrons. The van der Waals surface area contributed by atoms with Gasteiger partial charge in [-0.15, -0.1) is 0 Å². The van der Waals surface area contributed by atoms with Crippen LogP contribution in [0.1, 0.15) is 82.3 Å². The number of phenolic OH excluding ortho intramolecular Hbond substituents is 1. The van der Waals surface area contributed by atoms with Crippen molar-refractivity contribution in [1.82, 2.24) is 5.32 Å². The Hall–Kier alpha value is -2.69. The number of hydrogen-bond acceptors (Lipinski definition) is 4. The lowest BCUT2D eigenvalue weighted by molar-refractivity contribution is -0.118. The van der Waals surface area contributed by atoms with E-state index in [1.165, 1.54) is 24.8 Å². The van der Waals surface area contributed by atoms with Gasteiger partial charge in [0.1, 0.15) is 11.5 Å². The van der Waals surface area contributed by atoms with Crippen LogP contribution in [0.5, 0.6) is 11.5 Å². The topological polar surface area (TPSA) is 61.8 Å². The monoisotopic (exact) mass is 464 g/mol. The summed E-state index contributed by atoms with van der Waals surface area (Å²) >= 11 is 0. The van der Waals surface area contributed by atoms with E-state index in [-0.39, 0.29) is 12.0 Å². The first-order valence-corrected chi connectivity index (χ1v) is 13.1. The molecule has 184 valence electrons. The highest BCUT2D eigenvalue weighted by molar-refractivity contribution is 5.72. The van der Waals surface area contributed by atoms with Crippen molar-refractivity contribution in [2.75, 3.05) is 18.0 Å². The van der Waals surface area contributed by atoms with Crippen molar-refractivity contribution < 1.29 is 14.6 Å². The lowest BCUT2D eigenvalue weighted by atomic mass is 9.79. The highest BCUT2D eigenvalue weighted by Gasteiger charge is 2.36. The van der Waals surface area contributed by atoms with Crippen LogP contribution < -0.4 is 15.0 Å². The van der Waals surface area contributed by atoms with Gasteiger partial charge in [-0.2, -0.15) is 0 Å². The maximum absolute atomic E-state index is 11.2. The van der Waals surface area contributed by atoms with Crippen molar-refractivity contribution in [2.45, 2.75) is 89.7 Å². The fourth-order valence-corrected chi connectivity index (χ4v) is 5.74. The standard InChI is InChI=1S/C29H40N2O3/c1-21(10-8-13-23-11-4-3-5-12-23)34-26-19-27-29(28(33)20-26)24(14-9-16-30-22(2)32)18-25-15-6-7-17-31(25)27/h3-5,11-12,19-21,24-25,33H,6-10,13-18H2,1-2H3,(H,30,32). The summed E-state index contributed by atoms with van der Waals surface area (Å²) < 4.78 is 6.30. The molecule has 0 aromatic heterocycles. The van der Waals surface area contributed by atoms with E-state index in [0.29, 0.717) is 24.3 Å². The molecule has 2 aliphatic rings. The number of carbonyl (C=O) groups excluding carboxylic acids is 1. The number of nitrogens with one attached hydrogen (secondary N) is 1. The number of benzene rings is 2. The Balaban J connectivity index is 1.44. The molecular weight excluding hydrogens is 424 g/mol. The summed E-state index contributed by atoms with van der Waals surface area (Å²) in [5, 5.41) is 14.0. The van der Waals surface area contributed by atoms with Crippen LogP contribution in [-0.2, 0) is 11.2 Å². The number of carbonyl (C=O) groups is 1. The molecule has 1 amide bonds. The first kappa shape index (κ1) is 24.4. The van der Waals surface area contributed by atoms with Gasteiger partial charge in [0.05, 0.1) is 6.10 Å². The minimum atomic E-state index is 0.0185. The molecule has 2 heterocycles. The molecule has 0 spiro atoms. The van der Waals surface area contributed by atoms with Crippen LogP contribution in [0, 0.1) is 0 Å². The van der Waals surface area contributed by atoms with Crippen LogP contribution in [-0.4, -0.2) is 36.2 Å². The van der Waals surface area contributed by atoms with Crippen LogP contribution in [0.3, 0.4) is 0 Å². The van der Waals surface area contributed by atoms with Crippen molar-refractivity contribution in [2.24, 2.45) is 0 Å². The van der Waals surface area contributed by atoms with Crippen LogP contribution in [0.2, 0.25) is 0 Å². The summed E-state index contributed by atoms with van der Waals surface area (Å²) in [5.41, 5.74) is 3.60. The molecule has 3 unspecified atom stereocenters. The largest absolute Gasteiger partial charge is 0.507 e. The molecule has 2 aromatic rings. The number of rotatable bonds is 10. The molecule has 1 fully saturated rings. The van der Waals surface area contributed by atoms with Crippen LogP contribution >= 0.6 is 0 Å². The van der Waals surface area contributed by atoms with Gasteiger partial charge in [-0.1, -0.05) is 30.3 Å². The van der Waals surface area contributed by atoms with E-state index < -0.39 is 0 Å². The smallest absolute Gasteiger partial charge is 0.216 e. The van der Waals surface area contributed by atoms with E-state index in [1.54, 1.807) is 6.92 Å².